The first-order valence-electron chi connectivity index (χ1n) is 8.95. The summed E-state index contributed by atoms with van der Waals surface area (Å²) in [6.07, 6.45) is 3.96. The number of unbranched alkanes of at least 4 members (excludes halogenated alkanes) is 1. The largest absolute Gasteiger partial charge is 0.461 e. The third-order valence-electron chi connectivity index (χ3n) is 4.21. The van der Waals surface area contributed by atoms with Crippen LogP contribution in [0, 0.1) is 17.0 Å². The first kappa shape index (κ1) is 20.1. The lowest BCUT2D eigenvalue weighted by atomic mass is 10.3. The van der Waals surface area contributed by atoms with Crippen molar-refractivity contribution in [2.45, 2.75) is 51.0 Å². The van der Waals surface area contributed by atoms with Crippen LogP contribution in [0.4, 0.5) is 5.82 Å². The van der Waals surface area contributed by atoms with Crippen molar-refractivity contribution in [3.8, 4) is 11.6 Å². The van der Waals surface area contributed by atoms with E-state index in [0.717, 1.165) is 19.4 Å². The van der Waals surface area contributed by atoms with Gasteiger partial charge < -0.3 is 19.6 Å². The molecule has 3 aromatic heterocycles. The summed E-state index contributed by atoms with van der Waals surface area (Å²) in [5, 5.41) is 30.6. The molecule has 3 aromatic rings. The Bertz CT molecular complexity index is 920. The van der Waals surface area contributed by atoms with Gasteiger partial charge >= 0.3 is 5.82 Å². The van der Waals surface area contributed by atoms with Crippen LogP contribution in [0.5, 0.6) is 0 Å². The molecule has 0 bridgehead atoms. The van der Waals surface area contributed by atoms with E-state index in [2.05, 4.69) is 22.1 Å². The maximum Gasteiger partial charge on any atom is 0.342 e. The smallest absolute Gasteiger partial charge is 0.342 e. The van der Waals surface area contributed by atoms with E-state index in [1.807, 2.05) is 10.6 Å². The van der Waals surface area contributed by atoms with Crippen molar-refractivity contribution in [1.29, 1.82) is 0 Å². The van der Waals surface area contributed by atoms with Gasteiger partial charge in [-0.3, -0.25) is 4.57 Å². The molecule has 0 saturated carbocycles. The molecule has 0 aliphatic heterocycles. The Morgan fingerprint density at radius 1 is 1.39 bits per heavy atom. The van der Waals surface area contributed by atoms with Gasteiger partial charge in [0.05, 0.1) is 6.26 Å². The van der Waals surface area contributed by atoms with Crippen molar-refractivity contribution in [3.05, 3.63) is 40.5 Å². The second-order valence-corrected chi connectivity index (χ2v) is 7.27. The molecule has 0 spiro atoms. The number of aliphatic hydroxyl groups is 1. The second kappa shape index (κ2) is 9.02. The summed E-state index contributed by atoms with van der Waals surface area (Å²) in [6, 6.07) is 3.63. The van der Waals surface area contributed by atoms with Gasteiger partial charge in [-0.1, -0.05) is 25.1 Å². The van der Waals surface area contributed by atoms with E-state index in [4.69, 9.17) is 4.42 Å². The van der Waals surface area contributed by atoms with Crippen molar-refractivity contribution in [2.24, 2.45) is 0 Å². The molecule has 0 amide bonds. The van der Waals surface area contributed by atoms with E-state index >= 15 is 0 Å². The van der Waals surface area contributed by atoms with Crippen LogP contribution in [0.15, 0.2) is 34.2 Å². The molecular formula is C17H22N6O4S. The normalized spacial score (nSPS) is 12.4. The van der Waals surface area contributed by atoms with E-state index in [1.165, 1.54) is 22.5 Å². The number of furan rings is 1. The van der Waals surface area contributed by atoms with Gasteiger partial charge in [0.25, 0.3) is 0 Å². The molecule has 1 atom stereocenters. The number of aromatic nitrogens is 5. The highest BCUT2D eigenvalue weighted by molar-refractivity contribution is 7.99. The minimum atomic E-state index is -0.806. The number of aryl methyl sites for hydroxylation is 1. The Balaban J connectivity index is 1.70. The fourth-order valence-electron chi connectivity index (χ4n) is 2.76. The monoisotopic (exact) mass is 406 g/mol. The molecular weight excluding hydrogens is 384 g/mol. The van der Waals surface area contributed by atoms with Crippen LogP contribution < -0.4 is 0 Å². The Kier molecular flexibility index (Phi) is 6.47. The Labute approximate surface area is 165 Å². The number of hydrogen-bond acceptors (Lipinski definition) is 8. The first-order chi connectivity index (χ1) is 13.5. The van der Waals surface area contributed by atoms with Crippen LogP contribution in [-0.2, 0) is 13.1 Å². The van der Waals surface area contributed by atoms with Crippen LogP contribution in [0.1, 0.15) is 25.6 Å². The predicted octanol–water partition coefficient (Wildman–Crippen LogP) is 2.90. The standard InChI is InChI=1S/C17H22N6O4S/c1-3-4-7-21-16(14-6-5-8-27-14)19-20-17(21)28-11-13(24)10-22-12(2)18-9-15(22)23(25)26/h5-6,8-9,13,24H,3-4,7,10-11H2,1-2H3. The van der Waals surface area contributed by atoms with Crippen molar-refractivity contribution in [3.63, 3.8) is 0 Å². The van der Waals surface area contributed by atoms with Gasteiger partial charge in [0.15, 0.2) is 22.6 Å². The summed E-state index contributed by atoms with van der Waals surface area (Å²) in [5.74, 6) is 1.96. The second-order valence-electron chi connectivity index (χ2n) is 6.28. The van der Waals surface area contributed by atoms with Crippen LogP contribution in [0.25, 0.3) is 11.6 Å². The lowest BCUT2D eigenvalue weighted by Gasteiger charge is -2.11. The number of imidazole rings is 1. The summed E-state index contributed by atoms with van der Waals surface area (Å²) in [6.45, 7) is 4.60. The van der Waals surface area contributed by atoms with Crippen molar-refractivity contribution >= 4 is 17.6 Å². The molecule has 0 aliphatic rings. The van der Waals surface area contributed by atoms with E-state index in [1.54, 1.807) is 19.3 Å². The molecule has 28 heavy (non-hydrogen) atoms. The highest BCUT2D eigenvalue weighted by atomic mass is 32.2. The van der Waals surface area contributed by atoms with E-state index in [0.29, 0.717) is 28.3 Å². The highest BCUT2D eigenvalue weighted by Crippen LogP contribution is 2.26. The number of nitro groups is 1. The molecule has 0 fully saturated rings. The Hall–Kier alpha value is -2.66. The zero-order valence-corrected chi connectivity index (χ0v) is 16.5. The maximum absolute atomic E-state index is 11.1. The number of thioether (sulfide) groups is 1. The van der Waals surface area contributed by atoms with Crippen LogP contribution in [0.3, 0.4) is 0 Å². The summed E-state index contributed by atoms with van der Waals surface area (Å²) in [4.78, 5) is 14.5. The van der Waals surface area contributed by atoms with Gasteiger partial charge in [0, 0.05) is 19.2 Å². The van der Waals surface area contributed by atoms with Gasteiger partial charge in [0.1, 0.15) is 18.8 Å². The molecule has 3 heterocycles. The quantitative estimate of drug-likeness (QED) is 0.309. The van der Waals surface area contributed by atoms with Gasteiger partial charge in [-0.05, 0) is 23.5 Å². The van der Waals surface area contributed by atoms with Crippen molar-refractivity contribution in [1.82, 2.24) is 24.3 Å². The van der Waals surface area contributed by atoms with Gasteiger partial charge in [-0.15, -0.1) is 10.2 Å². The lowest BCUT2D eigenvalue weighted by molar-refractivity contribution is -0.392. The zero-order valence-electron chi connectivity index (χ0n) is 15.7. The van der Waals surface area contributed by atoms with Crippen LogP contribution in [-0.4, -0.2) is 46.2 Å². The molecule has 0 aliphatic carbocycles. The summed E-state index contributed by atoms with van der Waals surface area (Å²) < 4.78 is 8.82. The summed E-state index contributed by atoms with van der Waals surface area (Å²) in [7, 11) is 0. The SMILES string of the molecule is CCCCn1c(SCC(O)Cn2c([N+](=O)[O-])cnc2C)nnc1-c1ccco1. The average molecular weight is 406 g/mol. The number of hydrogen-bond donors (Lipinski definition) is 1. The first-order valence-corrected chi connectivity index (χ1v) is 9.94. The minimum Gasteiger partial charge on any atom is -0.461 e. The molecule has 0 radical (unpaired) electrons. The molecule has 0 aromatic carbocycles. The fraction of sp³-hybridized carbons (Fsp3) is 0.471. The molecule has 150 valence electrons. The van der Waals surface area contributed by atoms with E-state index < -0.39 is 11.0 Å². The number of aliphatic hydroxyl groups excluding tert-OH is 1. The summed E-state index contributed by atoms with van der Waals surface area (Å²) >= 11 is 1.36. The fourth-order valence-corrected chi connectivity index (χ4v) is 3.64. The molecule has 1 unspecified atom stereocenters. The van der Waals surface area contributed by atoms with E-state index in [-0.39, 0.29) is 12.4 Å². The topological polar surface area (TPSA) is 125 Å². The van der Waals surface area contributed by atoms with Gasteiger partial charge in [0.2, 0.25) is 0 Å². The highest BCUT2D eigenvalue weighted by Gasteiger charge is 2.22. The van der Waals surface area contributed by atoms with Crippen molar-refractivity contribution < 1.29 is 14.4 Å². The maximum atomic E-state index is 11.1. The molecule has 1 N–H and O–H groups in total. The molecule has 10 nitrogen and oxygen atoms in total. The predicted molar refractivity (Wildman–Crippen MR) is 103 cm³/mol. The third kappa shape index (κ3) is 4.42. The molecule has 11 heteroatoms. The number of rotatable bonds is 10. The van der Waals surface area contributed by atoms with Crippen LogP contribution in [0.2, 0.25) is 0 Å². The van der Waals surface area contributed by atoms with Crippen LogP contribution >= 0.6 is 11.8 Å². The van der Waals surface area contributed by atoms with Gasteiger partial charge in [-0.2, -0.15) is 0 Å². The Morgan fingerprint density at radius 3 is 2.89 bits per heavy atom. The third-order valence-corrected chi connectivity index (χ3v) is 5.32. The van der Waals surface area contributed by atoms with Gasteiger partial charge in [-0.25, -0.2) is 9.55 Å². The minimum absolute atomic E-state index is 0.0866. The lowest BCUT2D eigenvalue weighted by Crippen LogP contribution is -2.20. The summed E-state index contributed by atoms with van der Waals surface area (Å²) in [5.41, 5.74) is 0. The number of nitrogens with zero attached hydrogens (tertiary/aromatic N) is 6. The Morgan fingerprint density at radius 2 is 2.21 bits per heavy atom. The average Bonchev–Trinajstić information content (AvgIpc) is 3.39. The van der Waals surface area contributed by atoms with E-state index in [9.17, 15) is 15.2 Å². The molecule has 0 saturated heterocycles. The zero-order chi connectivity index (χ0) is 20.1. The van der Waals surface area contributed by atoms with Crippen molar-refractivity contribution in [2.75, 3.05) is 5.75 Å². The molecule has 3 rings (SSSR count).